The number of aliphatic hydroxyl groups excluding tert-OH is 2. The van der Waals surface area contributed by atoms with Crippen LogP contribution in [0.1, 0.15) is 79.1 Å². The van der Waals surface area contributed by atoms with Gasteiger partial charge in [0, 0.05) is 69.7 Å². The van der Waals surface area contributed by atoms with Crippen molar-refractivity contribution in [2.75, 3.05) is 73.7 Å². The van der Waals surface area contributed by atoms with Crippen LogP contribution in [0.2, 0.25) is 0 Å². The van der Waals surface area contributed by atoms with Gasteiger partial charge in [-0.2, -0.15) is 5.06 Å². The highest BCUT2D eigenvalue weighted by Gasteiger charge is 2.58. The van der Waals surface area contributed by atoms with Gasteiger partial charge in [-0.05, 0) is 101 Å². The number of hydrogen-bond donors (Lipinski definition) is 4. The number of amides is 2. The molecule has 0 spiro atoms. The maximum absolute atomic E-state index is 14.3. The van der Waals surface area contributed by atoms with E-state index in [0.29, 0.717) is 48.2 Å². The van der Waals surface area contributed by atoms with E-state index in [1.54, 1.807) is 19.1 Å². The predicted octanol–water partition coefficient (Wildman–Crippen LogP) is 2.37. The lowest BCUT2D eigenvalue weighted by Gasteiger charge is -2.62. The van der Waals surface area contributed by atoms with Gasteiger partial charge in [-0.1, -0.05) is 27.2 Å². The van der Waals surface area contributed by atoms with Gasteiger partial charge in [0.15, 0.2) is 0 Å². The molecule has 2 heterocycles. The van der Waals surface area contributed by atoms with Gasteiger partial charge in [0.1, 0.15) is 12.1 Å². The Kier molecular flexibility index (Phi) is 13.3. The minimum atomic E-state index is -0.825. The van der Waals surface area contributed by atoms with Crippen LogP contribution in [0, 0.1) is 52.8 Å². The van der Waals surface area contributed by atoms with Crippen molar-refractivity contribution in [1.29, 1.82) is 0 Å². The molecule has 2 saturated heterocycles. The number of hydrogen-bond acceptors (Lipinski definition) is 10. The van der Waals surface area contributed by atoms with E-state index in [2.05, 4.69) is 55.3 Å². The van der Waals surface area contributed by atoms with Crippen molar-refractivity contribution >= 4 is 11.8 Å². The third-order valence-electron chi connectivity index (χ3n) is 15.0. The quantitative estimate of drug-likeness (QED) is 0.224. The van der Waals surface area contributed by atoms with Crippen molar-refractivity contribution in [2.45, 2.75) is 115 Å². The molecule has 7 fully saturated rings. The molecule has 2 bridgehead atoms. The molecule has 5 saturated carbocycles. The van der Waals surface area contributed by atoms with Crippen LogP contribution < -0.4 is 10.6 Å². The second-order valence-corrected chi connectivity index (χ2v) is 18.3. The van der Waals surface area contributed by atoms with Gasteiger partial charge in [0.25, 0.3) is 0 Å². The largest absolute Gasteiger partial charge is 0.394 e. The van der Waals surface area contributed by atoms with Crippen molar-refractivity contribution < 1.29 is 34.1 Å². The van der Waals surface area contributed by atoms with Crippen LogP contribution in [0.25, 0.3) is 0 Å². The molecule has 12 heteroatoms. The number of hydroxylamine groups is 2. The van der Waals surface area contributed by atoms with Crippen molar-refractivity contribution in [1.82, 2.24) is 25.5 Å². The number of rotatable bonds is 13. The molecule has 5 aliphatic carbocycles. The number of carbonyl (C=O) groups is 2. The SMILES string of the molecule is COC1C(CN2O[C@@H](CO)[C@H]([C@H](C)O)[C@H]2C(=O)N[C@H]2C[C@H]3C[C@@H]([C@@H]2C)C3(C)C)CCCC1C1CC(C(=O)NCCN2CCOCC2)CC(N(C)C)C1. The molecule has 0 aromatic rings. The number of nitrogens with zero attached hydrogens (tertiary/aromatic N) is 3. The smallest absolute Gasteiger partial charge is 0.240 e. The highest BCUT2D eigenvalue weighted by atomic mass is 16.7. The summed E-state index contributed by atoms with van der Waals surface area (Å²) in [6, 6.07) is -0.287. The van der Waals surface area contributed by atoms with Crippen LogP contribution in [0.4, 0.5) is 0 Å². The first-order chi connectivity index (χ1) is 24.8. The number of nitrogens with one attached hydrogen (secondary N) is 2. The highest BCUT2D eigenvalue weighted by Crippen LogP contribution is 2.61. The van der Waals surface area contributed by atoms with E-state index >= 15 is 0 Å². The summed E-state index contributed by atoms with van der Waals surface area (Å²) in [6.45, 7) is 13.8. The zero-order valence-electron chi connectivity index (χ0n) is 33.2. The summed E-state index contributed by atoms with van der Waals surface area (Å²) in [4.78, 5) is 39.0. The van der Waals surface area contributed by atoms with E-state index in [0.717, 1.165) is 77.8 Å². The first kappa shape index (κ1) is 40.3. The van der Waals surface area contributed by atoms with Crippen molar-refractivity contribution in [3.8, 4) is 0 Å². The van der Waals surface area contributed by atoms with Crippen LogP contribution in [-0.4, -0.2) is 147 Å². The molecule has 12 nitrogen and oxygen atoms in total. The van der Waals surface area contributed by atoms with Gasteiger partial charge in [-0.15, -0.1) is 0 Å². The number of aliphatic hydroxyl groups is 2. The standard InChI is InChI=1S/C40H71N5O7/c1-24-32-20-29(40(32,3)4)21-33(24)42-39(49)36-35(25(2)47)34(23-46)52-45(36)22-26-9-8-10-31(37(26)50-7)27-17-28(19-30(18-27)43(5)6)38(48)41-11-12-44-13-15-51-16-14-44/h24-37,46-47H,8-23H2,1-7H3,(H,41,48)(H,42,49)/t24-,25-,26?,27?,28?,29+,30?,31?,32-,33-,34-,35-,36-,37?/m0/s1. The fourth-order valence-electron chi connectivity index (χ4n) is 11.7. The van der Waals surface area contributed by atoms with E-state index in [9.17, 15) is 19.8 Å². The average molecular weight is 734 g/mol. The van der Waals surface area contributed by atoms with Gasteiger partial charge in [0.05, 0.1) is 32.0 Å². The molecule has 0 aromatic carbocycles. The van der Waals surface area contributed by atoms with E-state index in [1.165, 1.54) is 6.42 Å². The lowest BCUT2D eigenvalue weighted by atomic mass is 9.45. The summed E-state index contributed by atoms with van der Waals surface area (Å²) < 4.78 is 11.9. The number of ether oxygens (including phenoxy) is 2. The molecule has 4 N–H and O–H groups in total. The van der Waals surface area contributed by atoms with Gasteiger partial charge in [0.2, 0.25) is 11.8 Å². The molecule has 0 radical (unpaired) electrons. The normalized spacial score (nSPS) is 41.7. The van der Waals surface area contributed by atoms with Crippen LogP contribution >= 0.6 is 0 Å². The van der Waals surface area contributed by atoms with Gasteiger partial charge in [-0.25, -0.2) is 0 Å². The lowest BCUT2D eigenvalue weighted by molar-refractivity contribution is -0.193. The third kappa shape index (κ3) is 8.39. The summed E-state index contributed by atoms with van der Waals surface area (Å²) in [6.07, 6.45) is 6.45. The van der Waals surface area contributed by atoms with Crippen LogP contribution in [-0.2, 0) is 23.9 Å². The Labute approximate surface area is 313 Å². The molecule has 14 atom stereocenters. The monoisotopic (exact) mass is 734 g/mol. The predicted molar refractivity (Wildman–Crippen MR) is 199 cm³/mol. The number of fused-ring (bicyclic) bond motifs is 2. The second kappa shape index (κ2) is 17.2. The number of morpholine rings is 1. The minimum Gasteiger partial charge on any atom is -0.394 e. The summed E-state index contributed by atoms with van der Waals surface area (Å²) in [5.41, 5.74) is 0.317. The molecule has 2 amide bonds. The molecule has 0 aromatic heterocycles. The molecular formula is C40H71N5O7. The molecular weight excluding hydrogens is 662 g/mol. The van der Waals surface area contributed by atoms with Crippen molar-refractivity contribution in [2.24, 2.45) is 52.8 Å². The summed E-state index contributed by atoms with van der Waals surface area (Å²) in [5, 5.41) is 29.8. The molecule has 52 heavy (non-hydrogen) atoms. The fraction of sp³-hybridized carbons (Fsp3) is 0.950. The Bertz CT molecular complexity index is 1200. The first-order valence-corrected chi connectivity index (χ1v) is 20.6. The topological polar surface area (TPSA) is 136 Å². The second-order valence-electron chi connectivity index (χ2n) is 18.3. The Hall–Kier alpha value is -1.38. The van der Waals surface area contributed by atoms with Crippen LogP contribution in [0.5, 0.6) is 0 Å². The minimum absolute atomic E-state index is 0.0420. The van der Waals surface area contributed by atoms with Crippen molar-refractivity contribution in [3.63, 3.8) is 0 Å². The van der Waals surface area contributed by atoms with Crippen LogP contribution in [0.3, 0.4) is 0 Å². The fourth-order valence-corrected chi connectivity index (χ4v) is 11.7. The van der Waals surface area contributed by atoms with Crippen LogP contribution in [0.15, 0.2) is 0 Å². The first-order valence-electron chi connectivity index (χ1n) is 20.6. The lowest BCUT2D eigenvalue weighted by Crippen LogP contribution is -2.62. The third-order valence-corrected chi connectivity index (χ3v) is 15.0. The van der Waals surface area contributed by atoms with E-state index < -0.39 is 24.2 Å². The zero-order chi connectivity index (χ0) is 37.3. The molecule has 298 valence electrons. The number of carbonyl (C=O) groups excluding carboxylic acids is 2. The summed E-state index contributed by atoms with van der Waals surface area (Å²) in [5.74, 6) is 1.78. The van der Waals surface area contributed by atoms with E-state index in [4.69, 9.17) is 14.3 Å². The van der Waals surface area contributed by atoms with E-state index in [1.807, 2.05) is 0 Å². The Morgan fingerprint density at radius 3 is 2.44 bits per heavy atom. The molecule has 7 aliphatic rings. The average Bonchev–Trinajstić information content (AvgIpc) is 3.51. The maximum atomic E-state index is 14.3. The summed E-state index contributed by atoms with van der Waals surface area (Å²) >= 11 is 0. The molecule has 7 rings (SSSR count). The summed E-state index contributed by atoms with van der Waals surface area (Å²) in [7, 11) is 6.06. The molecule has 2 aliphatic heterocycles. The van der Waals surface area contributed by atoms with Gasteiger partial charge < -0.3 is 35.2 Å². The van der Waals surface area contributed by atoms with Gasteiger partial charge in [-0.3, -0.25) is 19.3 Å². The van der Waals surface area contributed by atoms with E-state index in [-0.39, 0.29) is 48.3 Å². The Morgan fingerprint density at radius 1 is 1.06 bits per heavy atom. The highest BCUT2D eigenvalue weighted by molar-refractivity contribution is 5.83. The maximum Gasteiger partial charge on any atom is 0.240 e. The Balaban J connectivity index is 1.13. The number of methoxy groups -OCH3 is 1. The molecule has 6 unspecified atom stereocenters. The van der Waals surface area contributed by atoms with Crippen molar-refractivity contribution in [3.05, 3.63) is 0 Å². The van der Waals surface area contributed by atoms with Gasteiger partial charge >= 0.3 is 0 Å². The Morgan fingerprint density at radius 2 is 1.81 bits per heavy atom. The zero-order valence-corrected chi connectivity index (χ0v) is 33.2.